The Hall–Kier alpha value is -2.04. The first-order valence-electron chi connectivity index (χ1n) is 5.65. The van der Waals surface area contributed by atoms with Crippen molar-refractivity contribution in [2.24, 2.45) is 5.84 Å². The minimum atomic E-state index is -4.12. The number of amides is 2. The number of hydrogen-bond donors (Lipinski definition) is 3. The van der Waals surface area contributed by atoms with E-state index >= 15 is 0 Å². The van der Waals surface area contributed by atoms with Crippen LogP contribution in [-0.4, -0.2) is 42.1 Å². The van der Waals surface area contributed by atoms with Gasteiger partial charge in [-0.2, -0.15) is 4.31 Å². The molecule has 10 heteroatoms. The zero-order chi connectivity index (χ0) is 14.9. The van der Waals surface area contributed by atoms with Gasteiger partial charge < -0.3 is 5.43 Å². The number of nitrogen functional groups attached to an aromatic ring is 1. The number of hydrazine groups is 1. The number of pyridine rings is 1. The summed E-state index contributed by atoms with van der Waals surface area (Å²) in [6, 6.07) is 1.92. The van der Waals surface area contributed by atoms with E-state index in [0.717, 1.165) is 4.31 Å². The predicted octanol–water partition coefficient (Wildman–Crippen LogP) is -1.60. The van der Waals surface area contributed by atoms with Gasteiger partial charge in [0.05, 0.1) is 12.2 Å². The summed E-state index contributed by atoms with van der Waals surface area (Å²) in [7, 11) is -4.12. The number of nitrogens with one attached hydrogen (secondary N) is 2. The lowest BCUT2D eigenvalue weighted by Gasteiger charge is -2.30. The van der Waals surface area contributed by atoms with Crippen molar-refractivity contribution < 1.29 is 18.0 Å². The van der Waals surface area contributed by atoms with Crippen molar-refractivity contribution in [3.63, 3.8) is 0 Å². The quantitative estimate of drug-likeness (QED) is 0.347. The molecule has 1 atom stereocenters. The van der Waals surface area contributed by atoms with Crippen molar-refractivity contribution in [1.29, 1.82) is 0 Å². The van der Waals surface area contributed by atoms with Crippen LogP contribution in [0.15, 0.2) is 23.4 Å². The molecule has 1 aliphatic rings. The van der Waals surface area contributed by atoms with Gasteiger partial charge in [-0.1, -0.05) is 0 Å². The SMILES string of the molecule is CC1C(=O)NC(=O)CN1S(=O)(=O)c1ncccc1NN. The van der Waals surface area contributed by atoms with E-state index in [1.54, 1.807) is 0 Å². The van der Waals surface area contributed by atoms with Crippen LogP contribution in [0.2, 0.25) is 0 Å². The molecule has 0 saturated carbocycles. The van der Waals surface area contributed by atoms with E-state index in [4.69, 9.17) is 5.84 Å². The topological polar surface area (TPSA) is 134 Å². The molecule has 4 N–H and O–H groups in total. The molecule has 0 aromatic carbocycles. The van der Waals surface area contributed by atoms with Crippen molar-refractivity contribution in [2.75, 3.05) is 12.0 Å². The monoisotopic (exact) mass is 299 g/mol. The number of nitrogens with zero attached hydrogens (tertiary/aromatic N) is 2. The van der Waals surface area contributed by atoms with E-state index in [0.29, 0.717) is 0 Å². The fraction of sp³-hybridized carbons (Fsp3) is 0.300. The molecular weight excluding hydrogens is 286 g/mol. The summed E-state index contributed by atoms with van der Waals surface area (Å²) >= 11 is 0. The molecule has 108 valence electrons. The lowest BCUT2D eigenvalue weighted by atomic mass is 10.2. The molecule has 0 aliphatic carbocycles. The maximum absolute atomic E-state index is 12.5. The van der Waals surface area contributed by atoms with Crippen LogP contribution in [0.4, 0.5) is 5.69 Å². The van der Waals surface area contributed by atoms with Gasteiger partial charge in [0.1, 0.15) is 6.04 Å². The van der Waals surface area contributed by atoms with Gasteiger partial charge in [-0.05, 0) is 19.1 Å². The van der Waals surface area contributed by atoms with Crippen LogP contribution in [0, 0.1) is 0 Å². The summed E-state index contributed by atoms with van der Waals surface area (Å²) in [6.45, 7) is 0.938. The maximum Gasteiger partial charge on any atom is 0.263 e. The molecule has 1 unspecified atom stereocenters. The standard InChI is InChI=1S/C10H13N5O4S/c1-6-9(17)13-8(16)5-15(6)20(18,19)10-7(14-11)3-2-4-12-10/h2-4,6,14H,5,11H2,1H3,(H,13,16,17). The first-order valence-corrected chi connectivity index (χ1v) is 7.09. The second-order valence-electron chi connectivity index (χ2n) is 4.14. The van der Waals surface area contributed by atoms with Crippen LogP contribution in [-0.2, 0) is 19.6 Å². The van der Waals surface area contributed by atoms with Crippen molar-refractivity contribution in [3.05, 3.63) is 18.3 Å². The molecule has 0 radical (unpaired) electrons. The number of aromatic nitrogens is 1. The summed E-state index contributed by atoms with van der Waals surface area (Å²) in [6.07, 6.45) is 1.28. The average molecular weight is 299 g/mol. The molecule has 9 nitrogen and oxygen atoms in total. The van der Waals surface area contributed by atoms with Crippen molar-refractivity contribution in [2.45, 2.75) is 18.0 Å². The fourth-order valence-electron chi connectivity index (χ4n) is 1.80. The Bertz CT molecular complexity index is 659. The minimum absolute atomic E-state index is 0.0816. The summed E-state index contributed by atoms with van der Waals surface area (Å²) < 4.78 is 25.8. The first-order chi connectivity index (χ1) is 9.37. The average Bonchev–Trinajstić information content (AvgIpc) is 2.42. The predicted molar refractivity (Wildman–Crippen MR) is 68.6 cm³/mol. The Balaban J connectivity index is 2.49. The van der Waals surface area contributed by atoms with Crippen LogP contribution in [0.1, 0.15) is 6.92 Å². The number of sulfonamides is 1. The second-order valence-corrected chi connectivity index (χ2v) is 5.94. The molecule has 2 amide bonds. The van der Waals surface area contributed by atoms with Crippen molar-refractivity contribution >= 4 is 27.5 Å². The summed E-state index contributed by atoms with van der Waals surface area (Å²) in [5, 5.41) is 1.73. The van der Waals surface area contributed by atoms with E-state index in [1.165, 1.54) is 25.3 Å². The lowest BCUT2D eigenvalue weighted by molar-refractivity contribution is -0.136. The van der Waals surface area contributed by atoms with Gasteiger partial charge in [-0.15, -0.1) is 0 Å². The van der Waals surface area contributed by atoms with Gasteiger partial charge in [0.2, 0.25) is 11.8 Å². The third-order valence-corrected chi connectivity index (χ3v) is 4.73. The van der Waals surface area contributed by atoms with Crippen LogP contribution in [0.25, 0.3) is 0 Å². The van der Waals surface area contributed by atoms with E-state index in [9.17, 15) is 18.0 Å². The molecule has 2 rings (SSSR count). The Kier molecular flexibility index (Phi) is 3.70. The number of rotatable bonds is 3. The van der Waals surface area contributed by atoms with Crippen LogP contribution in [0.3, 0.4) is 0 Å². The second kappa shape index (κ2) is 5.15. The Labute approximate surface area is 115 Å². The van der Waals surface area contributed by atoms with Gasteiger partial charge in [0.25, 0.3) is 10.0 Å². The van der Waals surface area contributed by atoms with E-state index < -0.39 is 34.4 Å². The molecule has 20 heavy (non-hydrogen) atoms. The summed E-state index contributed by atoms with van der Waals surface area (Å²) in [5.41, 5.74) is 2.31. The Morgan fingerprint density at radius 2 is 2.20 bits per heavy atom. The third-order valence-electron chi connectivity index (χ3n) is 2.85. The van der Waals surface area contributed by atoms with Gasteiger partial charge in [-0.3, -0.25) is 20.7 Å². The van der Waals surface area contributed by atoms with Gasteiger partial charge >= 0.3 is 0 Å². The van der Waals surface area contributed by atoms with Gasteiger partial charge in [0, 0.05) is 6.20 Å². The molecule has 1 aliphatic heterocycles. The number of carbonyl (C=O) groups excluding carboxylic acids is 2. The zero-order valence-electron chi connectivity index (χ0n) is 10.5. The number of anilines is 1. The molecule has 2 heterocycles. The normalized spacial score (nSPS) is 20.6. The zero-order valence-corrected chi connectivity index (χ0v) is 11.3. The minimum Gasteiger partial charge on any atom is -0.321 e. The van der Waals surface area contributed by atoms with Gasteiger partial charge in [-0.25, -0.2) is 13.4 Å². The van der Waals surface area contributed by atoms with Gasteiger partial charge in [0.15, 0.2) is 5.03 Å². The first kappa shape index (κ1) is 14.4. The largest absolute Gasteiger partial charge is 0.321 e. The molecule has 1 fully saturated rings. The van der Waals surface area contributed by atoms with Crippen molar-refractivity contribution in [1.82, 2.24) is 14.6 Å². The van der Waals surface area contributed by atoms with Crippen LogP contribution in [0.5, 0.6) is 0 Å². The molecular formula is C10H13N5O4S. The number of hydrogen-bond acceptors (Lipinski definition) is 7. The highest BCUT2D eigenvalue weighted by atomic mass is 32.2. The molecule has 0 spiro atoms. The van der Waals surface area contributed by atoms with E-state index in [2.05, 4.69) is 15.7 Å². The molecule has 0 bridgehead atoms. The Morgan fingerprint density at radius 1 is 1.50 bits per heavy atom. The fourth-order valence-corrected chi connectivity index (χ4v) is 3.42. The molecule has 1 aromatic heterocycles. The van der Waals surface area contributed by atoms with E-state index in [-0.39, 0.29) is 10.7 Å². The number of piperazine rings is 1. The highest BCUT2D eigenvalue weighted by Gasteiger charge is 2.40. The van der Waals surface area contributed by atoms with Crippen LogP contribution >= 0.6 is 0 Å². The smallest absolute Gasteiger partial charge is 0.263 e. The maximum atomic E-state index is 12.5. The molecule has 1 saturated heterocycles. The van der Waals surface area contributed by atoms with Crippen molar-refractivity contribution in [3.8, 4) is 0 Å². The third kappa shape index (κ3) is 2.35. The summed E-state index contributed by atoms with van der Waals surface area (Å²) in [4.78, 5) is 26.7. The highest BCUT2D eigenvalue weighted by Crippen LogP contribution is 2.23. The van der Waals surface area contributed by atoms with Crippen LogP contribution < -0.4 is 16.6 Å². The van der Waals surface area contributed by atoms with E-state index in [1.807, 2.05) is 0 Å². The number of carbonyl (C=O) groups is 2. The number of imide groups is 1. The summed E-state index contributed by atoms with van der Waals surface area (Å²) in [5.74, 6) is 3.88. The molecule has 1 aromatic rings. The Morgan fingerprint density at radius 3 is 2.85 bits per heavy atom. The number of nitrogens with two attached hydrogens (primary N) is 1. The highest BCUT2D eigenvalue weighted by molar-refractivity contribution is 7.89. The lowest BCUT2D eigenvalue weighted by Crippen LogP contribution is -2.58.